The summed E-state index contributed by atoms with van der Waals surface area (Å²) >= 11 is 0. The first-order valence-corrected chi connectivity index (χ1v) is 7.25. The van der Waals surface area contributed by atoms with Crippen LogP contribution < -0.4 is 10.6 Å². The molecular weight excluding hydrogens is 264 g/mol. The van der Waals surface area contributed by atoms with Gasteiger partial charge in [-0.15, -0.1) is 10.2 Å². The molecule has 1 aromatic heterocycles. The van der Waals surface area contributed by atoms with Crippen LogP contribution in [0, 0.1) is 5.92 Å². The smallest absolute Gasteiger partial charge is 0.276 e. The van der Waals surface area contributed by atoms with Gasteiger partial charge in [0.05, 0.1) is 0 Å². The molecule has 0 bridgehead atoms. The van der Waals surface area contributed by atoms with Crippen LogP contribution in [0.2, 0.25) is 0 Å². The topological polar surface area (TPSA) is 66.9 Å². The quantitative estimate of drug-likeness (QED) is 0.855. The van der Waals surface area contributed by atoms with Gasteiger partial charge < -0.3 is 10.6 Å². The maximum Gasteiger partial charge on any atom is 0.276 e. The van der Waals surface area contributed by atoms with E-state index in [4.69, 9.17) is 0 Å². The Morgan fingerprint density at radius 2 is 1.90 bits per heavy atom. The zero-order valence-electron chi connectivity index (χ0n) is 11.7. The number of hydrogen-bond acceptors (Lipinski definition) is 4. The lowest BCUT2D eigenvalue weighted by Crippen LogP contribution is -2.15. The van der Waals surface area contributed by atoms with Crippen LogP contribution in [0.4, 0.5) is 11.5 Å². The number of benzene rings is 1. The minimum Gasteiger partial charge on any atom is -0.369 e. The van der Waals surface area contributed by atoms with Gasteiger partial charge in [-0.25, -0.2) is 0 Å². The van der Waals surface area contributed by atoms with Gasteiger partial charge in [-0.3, -0.25) is 4.79 Å². The summed E-state index contributed by atoms with van der Waals surface area (Å²) in [6.07, 6.45) is 3.88. The Kier molecular flexibility index (Phi) is 4.09. The number of carbonyl (C=O) groups excluding carboxylic acids is 1. The van der Waals surface area contributed by atoms with Gasteiger partial charge in [-0.1, -0.05) is 31.0 Å². The second-order valence-electron chi connectivity index (χ2n) is 5.28. The lowest BCUT2D eigenvalue weighted by atomic mass is 10.3. The summed E-state index contributed by atoms with van der Waals surface area (Å²) in [5.74, 6) is 1.35. The molecule has 0 aliphatic heterocycles. The zero-order valence-corrected chi connectivity index (χ0v) is 11.7. The van der Waals surface area contributed by atoms with E-state index in [0.29, 0.717) is 11.5 Å². The second kappa shape index (κ2) is 6.35. The van der Waals surface area contributed by atoms with Crippen molar-refractivity contribution in [1.29, 1.82) is 0 Å². The summed E-state index contributed by atoms with van der Waals surface area (Å²) in [5.41, 5.74) is 1.06. The number of rotatable bonds is 6. The van der Waals surface area contributed by atoms with Crippen molar-refractivity contribution in [2.75, 3.05) is 17.2 Å². The van der Waals surface area contributed by atoms with Crippen LogP contribution in [0.1, 0.15) is 29.8 Å². The minimum atomic E-state index is -0.252. The first-order valence-electron chi connectivity index (χ1n) is 7.25. The predicted octanol–water partition coefficient (Wildman–Crippen LogP) is 2.94. The SMILES string of the molecule is O=C(Nc1ccccc1)c1ccc(NCCC2CC2)nn1. The van der Waals surface area contributed by atoms with Crippen LogP contribution in [-0.4, -0.2) is 22.6 Å². The summed E-state index contributed by atoms with van der Waals surface area (Å²) < 4.78 is 0. The van der Waals surface area contributed by atoms with E-state index >= 15 is 0 Å². The third kappa shape index (κ3) is 4.02. The van der Waals surface area contributed by atoms with Crippen molar-refractivity contribution in [2.45, 2.75) is 19.3 Å². The number of aromatic nitrogens is 2. The minimum absolute atomic E-state index is 0.252. The predicted molar refractivity (Wildman–Crippen MR) is 82.3 cm³/mol. The third-order valence-electron chi connectivity index (χ3n) is 3.48. The van der Waals surface area contributed by atoms with E-state index in [-0.39, 0.29) is 5.91 Å². The molecule has 1 fully saturated rings. The highest BCUT2D eigenvalue weighted by molar-refractivity contribution is 6.02. The van der Waals surface area contributed by atoms with Crippen LogP contribution in [0.15, 0.2) is 42.5 Å². The summed E-state index contributed by atoms with van der Waals surface area (Å²) in [6.45, 7) is 0.912. The van der Waals surface area contributed by atoms with Crippen LogP contribution in [0.3, 0.4) is 0 Å². The van der Waals surface area contributed by atoms with Crippen molar-refractivity contribution < 1.29 is 4.79 Å². The molecule has 0 radical (unpaired) electrons. The molecule has 5 heteroatoms. The van der Waals surface area contributed by atoms with Gasteiger partial charge in [0.15, 0.2) is 5.69 Å². The first kappa shape index (κ1) is 13.5. The van der Waals surface area contributed by atoms with Crippen LogP contribution >= 0.6 is 0 Å². The highest BCUT2D eigenvalue weighted by atomic mass is 16.1. The van der Waals surface area contributed by atoms with Crippen LogP contribution in [-0.2, 0) is 0 Å². The van der Waals surface area contributed by atoms with E-state index in [1.54, 1.807) is 12.1 Å². The standard InChI is InChI=1S/C16H18N4O/c21-16(18-13-4-2-1-3-5-13)14-8-9-15(20-19-14)17-11-10-12-6-7-12/h1-5,8-9,12H,6-7,10-11H2,(H,17,20)(H,18,21). The van der Waals surface area contributed by atoms with Gasteiger partial charge in [-0.05, 0) is 36.6 Å². The van der Waals surface area contributed by atoms with Gasteiger partial charge in [0.2, 0.25) is 0 Å². The number of hydrogen-bond donors (Lipinski definition) is 2. The molecule has 0 saturated heterocycles. The fourth-order valence-electron chi connectivity index (χ4n) is 2.08. The monoisotopic (exact) mass is 282 g/mol. The molecule has 108 valence electrons. The lowest BCUT2D eigenvalue weighted by molar-refractivity contribution is 0.102. The van der Waals surface area contributed by atoms with Crippen LogP contribution in [0.25, 0.3) is 0 Å². The van der Waals surface area contributed by atoms with Crippen molar-refractivity contribution in [3.8, 4) is 0 Å². The third-order valence-corrected chi connectivity index (χ3v) is 3.48. The Morgan fingerprint density at radius 3 is 2.57 bits per heavy atom. The number of nitrogens with one attached hydrogen (secondary N) is 2. The molecule has 21 heavy (non-hydrogen) atoms. The van der Waals surface area contributed by atoms with Crippen LogP contribution in [0.5, 0.6) is 0 Å². The van der Waals surface area contributed by atoms with E-state index in [1.807, 2.05) is 30.3 Å². The Balaban J connectivity index is 1.54. The highest BCUT2D eigenvalue weighted by Crippen LogP contribution is 2.31. The molecule has 2 aromatic rings. The van der Waals surface area contributed by atoms with E-state index in [2.05, 4.69) is 20.8 Å². The number of amides is 1. The van der Waals surface area contributed by atoms with Gasteiger partial charge in [-0.2, -0.15) is 0 Å². The Hall–Kier alpha value is -2.43. The van der Waals surface area contributed by atoms with E-state index in [9.17, 15) is 4.79 Å². The van der Waals surface area contributed by atoms with Gasteiger partial charge in [0, 0.05) is 12.2 Å². The van der Waals surface area contributed by atoms with Gasteiger partial charge in [0.1, 0.15) is 5.82 Å². The van der Waals surface area contributed by atoms with Crippen molar-refractivity contribution in [2.24, 2.45) is 5.92 Å². The van der Waals surface area contributed by atoms with E-state index in [1.165, 1.54) is 19.3 Å². The maximum absolute atomic E-state index is 12.0. The molecular formula is C16H18N4O. The summed E-state index contributed by atoms with van der Waals surface area (Å²) in [5, 5.41) is 14.0. The molecule has 1 aliphatic carbocycles. The summed E-state index contributed by atoms with van der Waals surface area (Å²) in [6, 6.07) is 12.8. The molecule has 0 atom stereocenters. The number of anilines is 2. The molecule has 1 heterocycles. The van der Waals surface area contributed by atoms with Crippen molar-refractivity contribution in [3.63, 3.8) is 0 Å². The molecule has 5 nitrogen and oxygen atoms in total. The van der Waals surface area contributed by atoms with Crippen molar-refractivity contribution >= 4 is 17.4 Å². The van der Waals surface area contributed by atoms with Gasteiger partial charge in [0.25, 0.3) is 5.91 Å². The van der Waals surface area contributed by atoms with Crippen molar-refractivity contribution in [1.82, 2.24) is 10.2 Å². The molecule has 1 aromatic carbocycles. The van der Waals surface area contributed by atoms with Gasteiger partial charge >= 0.3 is 0 Å². The summed E-state index contributed by atoms with van der Waals surface area (Å²) in [7, 11) is 0. The Labute approximate surface area is 123 Å². The maximum atomic E-state index is 12.0. The fourth-order valence-corrected chi connectivity index (χ4v) is 2.08. The largest absolute Gasteiger partial charge is 0.369 e. The fraction of sp³-hybridized carbons (Fsp3) is 0.312. The summed E-state index contributed by atoms with van der Waals surface area (Å²) in [4.78, 5) is 12.0. The average Bonchev–Trinajstić information content (AvgIpc) is 3.33. The molecule has 0 spiro atoms. The van der Waals surface area contributed by atoms with Crippen molar-refractivity contribution in [3.05, 3.63) is 48.2 Å². The lowest BCUT2D eigenvalue weighted by Gasteiger charge is -2.06. The molecule has 3 rings (SSSR count). The molecule has 1 amide bonds. The second-order valence-corrected chi connectivity index (χ2v) is 5.28. The first-order chi connectivity index (χ1) is 10.3. The number of para-hydroxylation sites is 1. The Bertz CT molecular complexity index is 593. The molecule has 1 saturated carbocycles. The Morgan fingerprint density at radius 1 is 1.10 bits per heavy atom. The van der Waals surface area contributed by atoms with E-state index < -0.39 is 0 Å². The van der Waals surface area contributed by atoms with E-state index in [0.717, 1.165) is 18.2 Å². The number of carbonyl (C=O) groups is 1. The molecule has 2 N–H and O–H groups in total. The molecule has 0 unspecified atom stereocenters. The average molecular weight is 282 g/mol. The number of nitrogens with zero attached hydrogens (tertiary/aromatic N) is 2. The normalized spacial score (nSPS) is 13.7. The molecule has 1 aliphatic rings. The zero-order chi connectivity index (χ0) is 14.5. The highest BCUT2D eigenvalue weighted by Gasteiger charge is 2.20.